The van der Waals surface area contributed by atoms with Crippen molar-refractivity contribution in [1.29, 1.82) is 0 Å². The van der Waals surface area contributed by atoms with E-state index in [-0.39, 0.29) is 18.3 Å². The van der Waals surface area contributed by atoms with Gasteiger partial charge in [0.05, 0.1) is 5.92 Å². The average molecular weight is 397 g/mol. The number of nitrogens with zero attached hydrogens (tertiary/aromatic N) is 1. The Morgan fingerprint density at radius 2 is 1.53 bits per heavy atom. The maximum Gasteiger partial charge on any atom is 0.312 e. The molecule has 3 aromatic rings. The van der Waals surface area contributed by atoms with Gasteiger partial charge in [-0.15, -0.1) is 0 Å². The van der Waals surface area contributed by atoms with Crippen molar-refractivity contribution in [2.24, 2.45) is 5.92 Å². The second-order valence-electron chi connectivity index (χ2n) is 7.88. The number of hydrogen-bond donors (Lipinski definition) is 0. The van der Waals surface area contributed by atoms with Crippen LogP contribution >= 0.6 is 0 Å². The summed E-state index contributed by atoms with van der Waals surface area (Å²) in [6.45, 7) is 2.44. The molecular formula is C26H23NO3. The van der Waals surface area contributed by atoms with E-state index in [0.29, 0.717) is 6.54 Å². The van der Waals surface area contributed by atoms with Crippen LogP contribution in [0.2, 0.25) is 0 Å². The van der Waals surface area contributed by atoms with Crippen molar-refractivity contribution >= 4 is 17.6 Å². The van der Waals surface area contributed by atoms with Gasteiger partial charge in [0, 0.05) is 29.8 Å². The number of fused-ring (bicyclic) bond motifs is 3. The number of aryl methyl sites for hydroxylation is 1. The number of amides is 1. The van der Waals surface area contributed by atoms with Crippen LogP contribution in [0, 0.1) is 5.92 Å². The summed E-state index contributed by atoms with van der Waals surface area (Å²) in [6, 6.07) is 24.0. The normalized spacial score (nSPS) is 17.7. The molecule has 1 atom stereocenters. The number of ether oxygens (including phenoxy) is 1. The third-order valence-electron chi connectivity index (χ3n) is 6.13. The fraction of sp³-hybridized carbons (Fsp3) is 0.231. The first-order chi connectivity index (χ1) is 14.7. The van der Waals surface area contributed by atoms with E-state index < -0.39 is 12.0 Å². The summed E-state index contributed by atoms with van der Waals surface area (Å²) >= 11 is 0. The van der Waals surface area contributed by atoms with Gasteiger partial charge >= 0.3 is 5.97 Å². The van der Waals surface area contributed by atoms with Crippen LogP contribution in [-0.2, 0) is 20.7 Å². The Labute approximate surface area is 176 Å². The summed E-state index contributed by atoms with van der Waals surface area (Å²) in [7, 11) is 0. The molecule has 150 valence electrons. The lowest BCUT2D eigenvalue weighted by Gasteiger charge is -2.20. The predicted octanol–water partition coefficient (Wildman–Crippen LogP) is 4.92. The standard InChI is InChI=1S/C26H23NO3/c1-2-17-9-3-8-14-23(17)27-16-18(15-24(27)28)26(29)30-25-21-12-6-4-10-19(21)20-11-5-7-13-22(20)25/h3-14,18,25H,2,15-16H2,1H3/t18-/m0/s1. The lowest BCUT2D eigenvalue weighted by Crippen LogP contribution is -2.27. The summed E-state index contributed by atoms with van der Waals surface area (Å²) in [6.07, 6.45) is 0.606. The molecule has 2 aliphatic rings. The SMILES string of the molecule is CCc1ccccc1N1C[C@@H](C(=O)OC2c3ccccc3-c3ccccc32)CC1=O. The average Bonchev–Trinajstić information content (AvgIpc) is 3.32. The highest BCUT2D eigenvalue weighted by molar-refractivity contribution is 6.00. The van der Waals surface area contributed by atoms with Crippen LogP contribution < -0.4 is 4.90 Å². The number of para-hydroxylation sites is 1. The Morgan fingerprint density at radius 1 is 0.933 bits per heavy atom. The minimum Gasteiger partial charge on any atom is -0.452 e. The maximum atomic E-state index is 13.1. The van der Waals surface area contributed by atoms with E-state index >= 15 is 0 Å². The van der Waals surface area contributed by atoms with Crippen LogP contribution in [-0.4, -0.2) is 18.4 Å². The molecule has 0 bridgehead atoms. The fourth-order valence-corrected chi connectivity index (χ4v) is 4.62. The summed E-state index contributed by atoms with van der Waals surface area (Å²) in [5.41, 5.74) is 6.23. The van der Waals surface area contributed by atoms with Crippen LogP contribution in [0.1, 0.15) is 36.1 Å². The molecule has 1 aliphatic carbocycles. The molecule has 3 aromatic carbocycles. The molecule has 0 N–H and O–H groups in total. The molecule has 4 nitrogen and oxygen atoms in total. The van der Waals surface area contributed by atoms with Crippen LogP contribution in [0.4, 0.5) is 5.69 Å². The highest BCUT2D eigenvalue weighted by Gasteiger charge is 2.39. The van der Waals surface area contributed by atoms with Gasteiger partial charge in [-0.2, -0.15) is 0 Å². The maximum absolute atomic E-state index is 13.1. The molecule has 1 amide bonds. The number of carbonyl (C=O) groups is 2. The Kier molecular flexibility index (Phi) is 4.62. The van der Waals surface area contributed by atoms with Crippen LogP contribution in [0.3, 0.4) is 0 Å². The number of anilines is 1. The Morgan fingerprint density at radius 3 is 2.20 bits per heavy atom. The van der Waals surface area contributed by atoms with E-state index in [1.807, 2.05) is 60.7 Å². The first kappa shape index (κ1) is 18.6. The molecule has 1 heterocycles. The summed E-state index contributed by atoms with van der Waals surface area (Å²) < 4.78 is 6.02. The van der Waals surface area contributed by atoms with Gasteiger partial charge in [-0.25, -0.2) is 0 Å². The van der Waals surface area contributed by atoms with Gasteiger partial charge in [0.25, 0.3) is 0 Å². The minimum absolute atomic E-state index is 0.0231. The van der Waals surface area contributed by atoms with Crippen LogP contribution in [0.25, 0.3) is 11.1 Å². The zero-order valence-electron chi connectivity index (χ0n) is 16.9. The second-order valence-corrected chi connectivity index (χ2v) is 7.88. The van der Waals surface area contributed by atoms with Crippen molar-refractivity contribution in [3.05, 3.63) is 89.5 Å². The van der Waals surface area contributed by atoms with E-state index in [4.69, 9.17) is 4.74 Å². The van der Waals surface area contributed by atoms with Crippen molar-refractivity contribution < 1.29 is 14.3 Å². The van der Waals surface area contributed by atoms with Crippen molar-refractivity contribution in [3.8, 4) is 11.1 Å². The van der Waals surface area contributed by atoms with Gasteiger partial charge in [-0.3, -0.25) is 9.59 Å². The second kappa shape index (κ2) is 7.45. The molecule has 0 aromatic heterocycles. The third-order valence-corrected chi connectivity index (χ3v) is 6.13. The lowest BCUT2D eigenvalue weighted by molar-refractivity contribution is -0.152. The number of carbonyl (C=O) groups excluding carboxylic acids is 2. The topological polar surface area (TPSA) is 46.6 Å². The van der Waals surface area contributed by atoms with E-state index in [9.17, 15) is 9.59 Å². The highest BCUT2D eigenvalue weighted by atomic mass is 16.5. The van der Waals surface area contributed by atoms with Crippen molar-refractivity contribution in [2.75, 3.05) is 11.4 Å². The fourth-order valence-electron chi connectivity index (χ4n) is 4.62. The predicted molar refractivity (Wildman–Crippen MR) is 116 cm³/mol. The molecule has 0 saturated carbocycles. The molecular weight excluding hydrogens is 374 g/mol. The molecule has 1 fully saturated rings. The summed E-state index contributed by atoms with van der Waals surface area (Å²) in [5.74, 6) is -0.788. The van der Waals surface area contributed by atoms with Crippen molar-refractivity contribution in [2.45, 2.75) is 25.9 Å². The van der Waals surface area contributed by atoms with E-state index in [2.05, 4.69) is 19.1 Å². The largest absolute Gasteiger partial charge is 0.452 e. The highest BCUT2D eigenvalue weighted by Crippen LogP contribution is 2.45. The van der Waals surface area contributed by atoms with E-state index in [1.54, 1.807) is 4.90 Å². The molecule has 0 radical (unpaired) electrons. The number of benzene rings is 3. The van der Waals surface area contributed by atoms with Gasteiger partial charge in [0.15, 0.2) is 6.10 Å². The van der Waals surface area contributed by atoms with Crippen LogP contribution in [0.5, 0.6) is 0 Å². The van der Waals surface area contributed by atoms with Gasteiger partial charge in [-0.05, 0) is 29.2 Å². The molecule has 30 heavy (non-hydrogen) atoms. The Bertz CT molecular complexity index is 1090. The van der Waals surface area contributed by atoms with E-state index in [0.717, 1.165) is 39.9 Å². The van der Waals surface area contributed by atoms with E-state index in [1.165, 1.54) is 0 Å². The Hall–Kier alpha value is -3.40. The zero-order valence-corrected chi connectivity index (χ0v) is 16.9. The number of esters is 1. The molecule has 0 spiro atoms. The summed E-state index contributed by atoms with van der Waals surface area (Å²) in [5, 5.41) is 0. The molecule has 4 heteroatoms. The third kappa shape index (κ3) is 3.00. The molecule has 0 unspecified atom stereocenters. The molecule has 5 rings (SSSR count). The monoisotopic (exact) mass is 397 g/mol. The first-order valence-electron chi connectivity index (χ1n) is 10.4. The summed E-state index contributed by atoms with van der Waals surface area (Å²) in [4.78, 5) is 27.5. The van der Waals surface area contributed by atoms with Gasteiger partial charge in [0.2, 0.25) is 5.91 Å². The van der Waals surface area contributed by atoms with Crippen LogP contribution in [0.15, 0.2) is 72.8 Å². The molecule has 1 aliphatic heterocycles. The molecule has 1 saturated heterocycles. The lowest BCUT2D eigenvalue weighted by atomic mass is 10.1. The van der Waals surface area contributed by atoms with Gasteiger partial charge < -0.3 is 9.64 Å². The smallest absolute Gasteiger partial charge is 0.312 e. The first-order valence-corrected chi connectivity index (χ1v) is 10.4. The zero-order chi connectivity index (χ0) is 20.7. The number of rotatable bonds is 4. The number of hydrogen-bond acceptors (Lipinski definition) is 3. The minimum atomic E-state index is -0.456. The van der Waals surface area contributed by atoms with Gasteiger partial charge in [0.1, 0.15) is 0 Å². The van der Waals surface area contributed by atoms with Gasteiger partial charge in [-0.1, -0.05) is 73.7 Å². The Balaban J connectivity index is 1.39. The van der Waals surface area contributed by atoms with Crippen molar-refractivity contribution in [3.63, 3.8) is 0 Å². The van der Waals surface area contributed by atoms with Crippen molar-refractivity contribution in [1.82, 2.24) is 0 Å². The quantitative estimate of drug-likeness (QED) is 0.588.